The number of aromatic nitrogens is 1. The molecule has 1 aromatic heterocycles. The monoisotopic (exact) mass is 153 g/mol. The Labute approximate surface area is 64.9 Å². The summed E-state index contributed by atoms with van der Waals surface area (Å²) in [6.07, 6.45) is 1.88. The van der Waals surface area contributed by atoms with E-state index in [9.17, 15) is 0 Å². The zero-order chi connectivity index (χ0) is 8.27. The van der Waals surface area contributed by atoms with Crippen molar-refractivity contribution in [2.24, 2.45) is 10.9 Å². The molecular formula is C7H11N3O. The maximum Gasteiger partial charge on any atom is 0.186 e. The van der Waals surface area contributed by atoms with Gasteiger partial charge >= 0.3 is 0 Å². The summed E-state index contributed by atoms with van der Waals surface area (Å²) in [5.74, 6) is 0.150. The molecule has 0 aliphatic carbocycles. The molecule has 0 fully saturated rings. The minimum Gasteiger partial charge on any atom is -0.409 e. The maximum absolute atomic E-state index is 8.38. The van der Waals surface area contributed by atoms with Crippen LogP contribution < -0.4 is 5.73 Å². The molecule has 0 aliphatic rings. The minimum atomic E-state index is 0.150. The molecule has 0 aromatic carbocycles. The highest BCUT2D eigenvalue weighted by Gasteiger charge is 2.02. The molecule has 4 nitrogen and oxygen atoms in total. The van der Waals surface area contributed by atoms with Gasteiger partial charge in [0.05, 0.1) is 5.69 Å². The Bertz CT molecular complexity index is 264. The normalized spacial score (nSPS) is 11.9. The van der Waals surface area contributed by atoms with Crippen molar-refractivity contribution in [3.05, 3.63) is 24.0 Å². The van der Waals surface area contributed by atoms with Crippen molar-refractivity contribution in [2.75, 3.05) is 0 Å². The van der Waals surface area contributed by atoms with Gasteiger partial charge in [-0.3, -0.25) is 0 Å². The predicted octanol–water partition coefficient (Wildman–Crippen LogP) is 0.603. The lowest BCUT2D eigenvalue weighted by Crippen LogP contribution is -2.17. The summed E-state index contributed by atoms with van der Waals surface area (Å²) in [6, 6.07) is 3.66. The highest BCUT2D eigenvalue weighted by Crippen LogP contribution is 2.00. The Kier molecular flexibility index (Phi) is 2.15. The molecule has 0 unspecified atom stereocenters. The van der Waals surface area contributed by atoms with Crippen LogP contribution in [0.25, 0.3) is 0 Å². The minimum absolute atomic E-state index is 0.150. The maximum atomic E-state index is 8.38. The van der Waals surface area contributed by atoms with Crippen molar-refractivity contribution in [1.29, 1.82) is 0 Å². The summed E-state index contributed by atoms with van der Waals surface area (Å²) in [4.78, 5) is 0. The van der Waals surface area contributed by atoms with E-state index < -0.39 is 0 Å². The van der Waals surface area contributed by atoms with E-state index in [0.29, 0.717) is 0 Å². The standard InChI is InChI=1S/C7H11N3O/c1-2-10-5-3-4-6(10)7(8)9-11/h3-5,11H,2H2,1H3,(H2,8,9). The largest absolute Gasteiger partial charge is 0.409 e. The molecule has 3 N–H and O–H groups in total. The average Bonchev–Trinajstić information content (AvgIpc) is 2.50. The molecule has 0 radical (unpaired) electrons. The van der Waals surface area contributed by atoms with Crippen LogP contribution in [0.3, 0.4) is 0 Å². The quantitative estimate of drug-likeness (QED) is 0.283. The lowest BCUT2D eigenvalue weighted by Gasteiger charge is -2.02. The Morgan fingerprint density at radius 1 is 1.82 bits per heavy atom. The lowest BCUT2D eigenvalue weighted by molar-refractivity contribution is 0.318. The highest BCUT2D eigenvalue weighted by molar-refractivity contribution is 5.95. The third kappa shape index (κ3) is 1.34. The first kappa shape index (κ1) is 7.65. The van der Waals surface area contributed by atoms with Crippen molar-refractivity contribution >= 4 is 5.84 Å². The molecule has 1 aromatic rings. The second kappa shape index (κ2) is 3.09. The number of hydrogen-bond donors (Lipinski definition) is 2. The van der Waals surface area contributed by atoms with Crippen molar-refractivity contribution in [2.45, 2.75) is 13.5 Å². The second-order valence-corrected chi connectivity index (χ2v) is 2.16. The van der Waals surface area contributed by atoms with Crippen LogP contribution >= 0.6 is 0 Å². The SMILES string of the molecule is CCn1cccc1/C(N)=N/O. The van der Waals surface area contributed by atoms with Gasteiger partial charge in [0.15, 0.2) is 5.84 Å². The molecule has 4 heteroatoms. The molecule has 0 aliphatic heterocycles. The third-order valence-electron chi connectivity index (χ3n) is 1.54. The topological polar surface area (TPSA) is 63.5 Å². The van der Waals surface area contributed by atoms with Gasteiger partial charge < -0.3 is 15.5 Å². The molecule has 0 saturated heterocycles. The Balaban J connectivity index is 3.02. The number of nitrogens with two attached hydrogens (primary N) is 1. The van der Waals surface area contributed by atoms with E-state index in [0.717, 1.165) is 12.2 Å². The van der Waals surface area contributed by atoms with Crippen molar-refractivity contribution < 1.29 is 5.21 Å². The fourth-order valence-electron chi connectivity index (χ4n) is 0.974. The van der Waals surface area contributed by atoms with E-state index in [1.807, 2.05) is 23.8 Å². The van der Waals surface area contributed by atoms with Crippen LogP contribution in [0.5, 0.6) is 0 Å². The molecule has 0 spiro atoms. The Morgan fingerprint density at radius 2 is 2.55 bits per heavy atom. The van der Waals surface area contributed by atoms with Crippen LogP contribution in [0.4, 0.5) is 0 Å². The van der Waals surface area contributed by atoms with Crippen molar-refractivity contribution in [1.82, 2.24) is 4.57 Å². The second-order valence-electron chi connectivity index (χ2n) is 2.16. The number of rotatable bonds is 2. The van der Waals surface area contributed by atoms with Crippen molar-refractivity contribution in [3.8, 4) is 0 Å². The van der Waals surface area contributed by atoms with Gasteiger partial charge in [-0.15, -0.1) is 0 Å². The van der Waals surface area contributed by atoms with E-state index in [1.165, 1.54) is 0 Å². The zero-order valence-corrected chi connectivity index (χ0v) is 6.36. The first-order chi connectivity index (χ1) is 5.29. The number of hydrogen-bond acceptors (Lipinski definition) is 2. The summed E-state index contributed by atoms with van der Waals surface area (Å²) in [5, 5.41) is 11.3. The predicted molar refractivity (Wildman–Crippen MR) is 42.6 cm³/mol. The average molecular weight is 153 g/mol. The Hall–Kier alpha value is -1.45. The molecule has 0 bridgehead atoms. The summed E-state index contributed by atoms with van der Waals surface area (Å²) >= 11 is 0. The number of amidine groups is 1. The van der Waals surface area contributed by atoms with Crippen LogP contribution in [0.15, 0.2) is 23.5 Å². The van der Waals surface area contributed by atoms with Crippen LogP contribution in [0.1, 0.15) is 12.6 Å². The molecule has 60 valence electrons. The van der Waals surface area contributed by atoms with Gasteiger partial charge in [0.1, 0.15) is 0 Å². The van der Waals surface area contributed by atoms with E-state index in [2.05, 4.69) is 5.16 Å². The number of oxime groups is 1. The van der Waals surface area contributed by atoms with Gasteiger partial charge in [0.25, 0.3) is 0 Å². The molecule has 0 amide bonds. The summed E-state index contributed by atoms with van der Waals surface area (Å²) < 4.78 is 1.90. The smallest absolute Gasteiger partial charge is 0.186 e. The van der Waals surface area contributed by atoms with Gasteiger partial charge in [-0.2, -0.15) is 0 Å². The molecule has 1 rings (SSSR count). The lowest BCUT2D eigenvalue weighted by atomic mass is 10.4. The van der Waals surface area contributed by atoms with Gasteiger partial charge in [0.2, 0.25) is 0 Å². The summed E-state index contributed by atoms with van der Waals surface area (Å²) in [5.41, 5.74) is 6.14. The first-order valence-electron chi connectivity index (χ1n) is 3.42. The summed E-state index contributed by atoms with van der Waals surface area (Å²) in [7, 11) is 0. The molecule has 1 heterocycles. The summed E-state index contributed by atoms with van der Waals surface area (Å²) in [6.45, 7) is 2.81. The van der Waals surface area contributed by atoms with Crippen LogP contribution in [-0.2, 0) is 6.54 Å². The van der Waals surface area contributed by atoms with Crippen LogP contribution in [-0.4, -0.2) is 15.6 Å². The van der Waals surface area contributed by atoms with Gasteiger partial charge in [-0.1, -0.05) is 5.16 Å². The molecule has 11 heavy (non-hydrogen) atoms. The first-order valence-corrected chi connectivity index (χ1v) is 3.42. The van der Waals surface area contributed by atoms with E-state index >= 15 is 0 Å². The number of aryl methyl sites for hydroxylation is 1. The molecule has 0 saturated carbocycles. The van der Waals surface area contributed by atoms with Gasteiger partial charge in [-0.05, 0) is 19.1 Å². The molecule has 0 atom stereocenters. The van der Waals surface area contributed by atoms with Crippen LogP contribution in [0.2, 0.25) is 0 Å². The zero-order valence-electron chi connectivity index (χ0n) is 6.36. The molecular weight excluding hydrogens is 142 g/mol. The van der Waals surface area contributed by atoms with Gasteiger partial charge in [-0.25, -0.2) is 0 Å². The van der Waals surface area contributed by atoms with Crippen molar-refractivity contribution in [3.63, 3.8) is 0 Å². The third-order valence-corrected chi connectivity index (χ3v) is 1.54. The Morgan fingerprint density at radius 3 is 3.09 bits per heavy atom. The van der Waals surface area contributed by atoms with Gasteiger partial charge in [0, 0.05) is 12.7 Å². The number of nitrogens with zero attached hydrogens (tertiary/aromatic N) is 2. The van der Waals surface area contributed by atoms with E-state index in [-0.39, 0.29) is 5.84 Å². The fourth-order valence-corrected chi connectivity index (χ4v) is 0.974. The van der Waals surface area contributed by atoms with E-state index in [1.54, 1.807) is 6.07 Å². The fraction of sp³-hybridized carbons (Fsp3) is 0.286. The highest BCUT2D eigenvalue weighted by atomic mass is 16.4. The van der Waals surface area contributed by atoms with Crippen LogP contribution in [0, 0.1) is 0 Å². The van der Waals surface area contributed by atoms with E-state index in [4.69, 9.17) is 10.9 Å².